The molecule has 0 spiro atoms. The van der Waals surface area contributed by atoms with Crippen LogP contribution in [-0.4, -0.2) is 61.8 Å². The van der Waals surface area contributed by atoms with Crippen molar-refractivity contribution < 1.29 is 24.1 Å². The fourth-order valence-electron chi connectivity index (χ4n) is 3.26. The van der Waals surface area contributed by atoms with E-state index in [1.54, 1.807) is 0 Å². The Morgan fingerprint density at radius 3 is 2.74 bits per heavy atom. The molecule has 2 N–H and O–H groups in total. The van der Waals surface area contributed by atoms with E-state index in [0.717, 1.165) is 23.2 Å². The van der Waals surface area contributed by atoms with Crippen molar-refractivity contribution in [3.05, 3.63) is 66.4 Å². The number of aliphatic hydroxyl groups is 1. The molecule has 0 amide bonds. The first-order valence-corrected chi connectivity index (χ1v) is 10.5. The van der Waals surface area contributed by atoms with Crippen molar-refractivity contribution in [2.45, 2.75) is 19.1 Å². The van der Waals surface area contributed by atoms with Crippen molar-refractivity contribution in [2.75, 3.05) is 40.0 Å². The van der Waals surface area contributed by atoms with Gasteiger partial charge in [0, 0.05) is 31.2 Å². The van der Waals surface area contributed by atoms with E-state index in [-0.39, 0.29) is 19.0 Å². The Morgan fingerprint density at radius 2 is 1.94 bits per heavy atom. The molecule has 1 heterocycles. The third-order valence-corrected chi connectivity index (χ3v) is 4.88. The highest BCUT2D eigenvalue weighted by Gasteiger charge is 2.10. The quantitative estimate of drug-likeness (QED) is 0.323. The molecule has 1 atom stereocenters. The molecule has 0 radical (unpaired) electrons. The normalized spacial score (nSPS) is 12.1. The summed E-state index contributed by atoms with van der Waals surface area (Å²) in [4.78, 5) is 11.0. The minimum atomic E-state index is -0.642. The standard InChI is InChI=1S/C24H30N2O5/c1-29-24(28)11-14-30-15-12-25-16-20(27)18-31-23-9-5-8-22-21(23)10-13-26(22)17-19-6-3-2-4-7-19/h2-10,13,20,25,27H,11-12,14-18H2,1H3. The monoisotopic (exact) mass is 426 g/mol. The summed E-state index contributed by atoms with van der Waals surface area (Å²) in [5.74, 6) is 0.473. The number of carbonyl (C=O) groups excluding carboxylic acids is 1. The number of aliphatic hydroxyl groups excluding tert-OH is 1. The fourth-order valence-corrected chi connectivity index (χ4v) is 3.26. The van der Waals surface area contributed by atoms with Crippen LogP contribution in [0.15, 0.2) is 60.8 Å². The summed E-state index contributed by atoms with van der Waals surface area (Å²) in [5, 5.41) is 14.3. The van der Waals surface area contributed by atoms with Crippen molar-refractivity contribution in [3.63, 3.8) is 0 Å². The molecular formula is C24H30N2O5. The lowest BCUT2D eigenvalue weighted by Gasteiger charge is -2.14. The van der Waals surface area contributed by atoms with Gasteiger partial charge in [-0.05, 0) is 23.8 Å². The molecule has 0 saturated heterocycles. The number of ether oxygens (including phenoxy) is 3. The first-order valence-electron chi connectivity index (χ1n) is 10.5. The third kappa shape index (κ3) is 7.10. The molecule has 0 aliphatic heterocycles. The largest absolute Gasteiger partial charge is 0.490 e. The number of hydrogen-bond acceptors (Lipinski definition) is 6. The molecule has 31 heavy (non-hydrogen) atoms. The Hall–Kier alpha value is -2.87. The van der Waals surface area contributed by atoms with Gasteiger partial charge in [0.15, 0.2) is 0 Å². The van der Waals surface area contributed by atoms with E-state index >= 15 is 0 Å². The van der Waals surface area contributed by atoms with E-state index < -0.39 is 6.10 Å². The maximum atomic E-state index is 11.0. The molecule has 3 rings (SSSR count). The highest BCUT2D eigenvalue weighted by atomic mass is 16.5. The summed E-state index contributed by atoms with van der Waals surface area (Å²) >= 11 is 0. The molecule has 7 nitrogen and oxygen atoms in total. The molecule has 0 bridgehead atoms. The number of aromatic nitrogens is 1. The van der Waals surface area contributed by atoms with Gasteiger partial charge in [0.25, 0.3) is 0 Å². The average molecular weight is 427 g/mol. The zero-order valence-corrected chi connectivity index (χ0v) is 17.8. The lowest BCUT2D eigenvalue weighted by Crippen LogP contribution is -2.33. The molecule has 1 unspecified atom stereocenters. The summed E-state index contributed by atoms with van der Waals surface area (Å²) in [6.45, 7) is 2.75. The third-order valence-electron chi connectivity index (χ3n) is 4.88. The fraction of sp³-hybridized carbons (Fsp3) is 0.375. The first-order chi connectivity index (χ1) is 15.2. The predicted octanol–water partition coefficient (Wildman–Crippen LogP) is 2.60. The van der Waals surface area contributed by atoms with Crippen LogP contribution >= 0.6 is 0 Å². The molecule has 0 saturated carbocycles. The summed E-state index contributed by atoms with van der Waals surface area (Å²) in [7, 11) is 1.36. The van der Waals surface area contributed by atoms with Crippen molar-refractivity contribution in [1.29, 1.82) is 0 Å². The number of nitrogens with zero attached hydrogens (tertiary/aromatic N) is 1. The van der Waals surface area contributed by atoms with Crippen LogP contribution in [0.5, 0.6) is 5.75 Å². The van der Waals surface area contributed by atoms with E-state index in [0.29, 0.717) is 26.3 Å². The highest BCUT2D eigenvalue weighted by Crippen LogP contribution is 2.27. The molecule has 0 aliphatic rings. The van der Waals surface area contributed by atoms with Crippen LogP contribution in [0.4, 0.5) is 0 Å². The minimum absolute atomic E-state index is 0.194. The van der Waals surface area contributed by atoms with Gasteiger partial charge >= 0.3 is 5.97 Å². The molecule has 1 aromatic heterocycles. The van der Waals surface area contributed by atoms with Crippen LogP contribution in [0, 0.1) is 0 Å². The van der Waals surface area contributed by atoms with Gasteiger partial charge in [-0.1, -0.05) is 36.4 Å². The Labute approximate surface area is 182 Å². The second kappa shape index (κ2) is 12.1. The number of fused-ring (bicyclic) bond motifs is 1. The summed E-state index contributed by atoms with van der Waals surface area (Å²) < 4.78 is 18.0. The van der Waals surface area contributed by atoms with Gasteiger partial charge in [-0.15, -0.1) is 0 Å². The maximum Gasteiger partial charge on any atom is 0.307 e. The lowest BCUT2D eigenvalue weighted by atomic mass is 10.2. The van der Waals surface area contributed by atoms with Crippen molar-refractivity contribution in [1.82, 2.24) is 9.88 Å². The molecule has 7 heteroatoms. The molecular weight excluding hydrogens is 396 g/mol. The zero-order valence-electron chi connectivity index (χ0n) is 17.8. The van der Waals surface area contributed by atoms with E-state index in [4.69, 9.17) is 9.47 Å². The minimum Gasteiger partial charge on any atom is -0.490 e. The number of esters is 1. The van der Waals surface area contributed by atoms with E-state index in [2.05, 4.69) is 39.0 Å². The highest BCUT2D eigenvalue weighted by molar-refractivity contribution is 5.86. The predicted molar refractivity (Wildman–Crippen MR) is 119 cm³/mol. The second-order valence-electron chi connectivity index (χ2n) is 7.23. The van der Waals surface area contributed by atoms with Gasteiger partial charge in [-0.3, -0.25) is 4.79 Å². The van der Waals surface area contributed by atoms with Crippen LogP contribution in [-0.2, 0) is 20.8 Å². The van der Waals surface area contributed by atoms with Gasteiger partial charge in [-0.25, -0.2) is 0 Å². The van der Waals surface area contributed by atoms with E-state index in [1.807, 2.05) is 36.4 Å². The molecule has 166 valence electrons. The van der Waals surface area contributed by atoms with Crippen molar-refractivity contribution in [3.8, 4) is 5.75 Å². The Morgan fingerprint density at radius 1 is 1.10 bits per heavy atom. The number of nitrogens with one attached hydrogen (secondary N) is 1. The summed E-state index contributed by atoms with van der Waals surface area (Å²) in [6, 6.07) is 18.3. The number of hydrogen-bond donors (Lipinski definition) is 2. The second-order valence-corrected chi connectivity index (χ2v) is 7.23. The Balaban J connectivity index is 1.42. The smallest absolute Gasteiger partial charge is 0.307 e. The Bertz CT molecular complexity index is 942. The Kier molecular flexibility index (Phi) is 8.90. The van der Waals surface area contributed by atoms with Gasteiger partial charge in [0.1, 0.15) is 18.5 Å². The van der Waals surface area contributed by atoms with E-state index in [9.17, 15) is 9.90 Å². The van der Waals surface area contributed by atoms with Crippen LogP contribution in [0.1, 0.15) is 12.0 Å². The zero-order chi connectivity index (χ0) is 21.9. The van der Waals surface area contributed by atoms with E-state index in [1.165, 1.54) is 12.7 Å². The van der Waals surface area contributed by atoms with Gasteiger partial charge in [0.05, 0.1) is 32.3 Å². The number of carbonyl (C=O) groups is 1. The van der Waals surface area contributed by atoms with Crippen LogP contribution in [0.25, 0.3) is 10.9 Å². The van der Waals surface area contributed by atoms with Gasteiger partial charge < -0.3 is 29.2 Å². The molecule has 0 aliphatic carbocycles. The number of benzene rings is 2. The van der Waals surface area contributed by atoms with Crippen LogP contribution in [0.3, 0.4) is 0 Å². The number of methoxy groups -OCH3 is 1. The first kappa shape index (κ1) is 22.8. The molecule has 0 fully saturated rings. The molecule has 2 aromatic carbocycles. The lowest BCUT2D eigenvalue weighted by molar-refractivity contribution is -0.141. The van der Waals surface area contributed by atoms with Crippen molar-refractivity contribution >= 4 is 16.9 Å². The topological polar surface area (TPSA) is 82.0 Å². The van der Waals surface area contributed by atoms with Gasteiger partial charge in [-0.2, -0.15) is 0 Å². The molecule has 3 aromatic rings. The van der Waals surface area contributed by atoms with Crippen LogP contribution < -0.4 is 10.1 Å². The van der Waals surface area contributed by atoms with Crippen LogP contribution in [0.2, 0.25) is 0 Å². The SMILES string of the molecule is COC(=O)CCOCCNCC(O)COc1cccc2c1ccn2Cc1ccccc1. The average Bonchev–Trinajstić information content (AvgIpc) is 3.20. The maximum absolute atomic E-state index is 11.0. The summed E-state index contributed by atoms with van der Waals surface area (Å²) in [6.07, 6.45) is 1.66. The van der Waals surface area contributed by atoms with Gasteiger partial charge in [0.2, 0.25) is 0 Å². The van der Waals surface area contributed by atoms with Crippen molar-refractivity contribution in [2.24, 2.45) is 0 Å². The summed E-state index contributed by atoms with van der Waals surface area (Å²) in [5.41, 5.74) is 2.33. The number of rotatable bonds is 13.